The minimum absolute atomic E-state index is 0.00189. The molecule has 1 fully saturated rings. The van der Waals surface area contributed by atoms with E-state index in [2.05, 4.69) is 4.40 Å². The highest BCUT2D eigenvalue weighted by Crippen LogP contribution is 2.37. The quantitative estimate of drug-likeness (QED) is 0.775. The van der Waals surface area contributed by atoms with Crippen molar-refractivity contribution in [2.75, 3.05) is 12.3 Å². The molecule has 1 aromatic rings. The minimum atomic E-state index is -3.36. The highest BCUT2D eigenvalue weighted by molar-refractivity contribution is 8.17. The summed E-state index contributed by atoms with van der Waals surface area (Å²) in [4.78, 5) is 1.89. The lowest BCUT2D eigenvalue weighted by molar-refractivity contribution is -0.0582. The molecule has 140 valence electrons. The fourth-order valence-electron chi connectivity index (χ4n) is 3.25. The summed E-state index contributed by atoms with van der Waals surface area (Å²) < 4.78 is 59.2. The Labute approximate surface area is 155 Å². The predicted molar refractivity (Wildman–Crippen MR) is 97.8 cm³/mol. The largest absolute Gasteiger partial charge is 0.490 e. The molecule has 1 aliphatic carbocycles. The molecule has 4 rings (SSSR count). The Morgan fingerprint density at radius 2 is 1.88 bits per heavy atom. The number of hydrogen-bond donors (Lipinski definition) is 0. The predicted octanol–water partition coefficient (Wildman–Crippen LogP) is 3.69. The Bertz CT molecular complexity index is 856. The van der Waals surface area contributed by atoms with Crippen LogP contribution in [-0.4, -0.2) is 42.8 Å². The molecule has 9 heteroatoms. The Balaban J connectivity index is 1.43. The SMILES string of the molecule is O=S1(=O)CCN2C(c3ccc(OC4CCC(F)(F)CC4)cc3)=CSC2=N1. The van der Waals surface area contributed by atoms with Crippen LogP contribution in [0.4, 0.5) is 8.78 Å². The van der Waals surface area contributed by atoms with E-state index < -0.39 is 15.9 Å². The van der Waals surface area contributed by atoms with Crippen molar-refractivity contribution < 1.29 is 21.9 Å². The minimum Gasteiger partial charge on any atom is -0.490 e. The van der Waals surface area contributed by atoms with Gasteiger partial charge >= 0.3 is 0 Å². The molecule has 2 heterocycles. The van der Waals surface area contributed by atoms with Gasteiger partial charge in [-0.15, -0.1) is 4.40 Å². The fourth-order valence-corrected chi connectivity index (χ4v) is 5.40. The third-order valence-corrected chi connectivity index (χ3v) is 6.83. The molecule has 0 bridgehead atoms. The maximum absolute atomic E-state index is 13.2. The molecule has 0 unspecified atom stereocenters. The molecule has 26 heavy (non-hydrogen) atoms. The lowest BCUT2D eigenvalue weighted by Crippen LogP contribution is -2.34. The van der Waals surface area contributed by atoms with Gasteiger partial charge in [-0.25, -0.2) is 17.2 Å². The molecule has 1 aromatic carbocycles. The number of thioether (sulfide) groups is 1. The number of amidine groups is 1. The number of hydrogen-bond acceptors (Lipinski definition) is 5. The third kappa shape index (κ3) is 3.73. The average Bonchev–Trinajstić information content (AvgIpc) is 2.99. The number of rotatable bonds is 3. The summed E-state index contributed by atoms with van der Waals surface area (Å²) in [5.41, 5.74) is 1.84. The highest BCUT2D eigenvalue weighted by atomic mass is 32.2. The van der Waals surface area contributed by atoms with E-state index in [0.29, 0.717) is 30.3 Å². The van der Waals surface area contributed by atoms with Crippen molar-refractivity contribution in [2.24, 2.45) is 4.40 Å². The normalized spacial score (nSPS) is 24.6. The lowest BCUT2D eigenvalue weighted by atomic mass is 9.94. The van der Waals surface area contributed by atoms with Gasteiger partial charge < -0.3 is 9.64 Å². The van der Waals surface area contributed by atoms with Crippen LogP contribution < -0.4 is 4.74 Å². The number of alkyl halides is 2. The van der Waals surface area contributed by atoms with Crippen LogP contribution in [-0.2, 0) is 10.0 Å². The molecule has 1 saturated carbocycles. The summed E-state index contributed by atoms with van der Waals surface area (Å²) in [5.74, 6) is -1.90. The van der Waals surface area contributed by atoms with Gasteiger partial charge in [-0.05, 0) is 42.7 Å². The molecule has 0 spiro atoms. The smallest absolute Gasteiger partial charge is 0.257 e. The number of benzene rings is 1. The molecule has 0 saturated heterocycles. The molecular weight excluding hydrogens is 382 g/mol. The van der Waals surface area contributed by atoms with Gasteiger partial charge in [0.15, 0.2) is 5.17 Å². The van der Waals surface area contributed by atoms with E-state index in [-0.39, 0.29) is 24.7 Å². The van der Waals surface area contributed by atoms with Crippen LogP contribution in [0, 0.1) is 0 Å². The van der Waals surface area contributed by atoms with Crippen LogP contribution in [0.15, 0.2) is 34.1 Å². The Kier molecular flexibility index (Phi) is 4.46. The summed E-state index contributed by atoms with van der Waals surface area (Å²) in [6, 6.07) is 7.43. The van der Waals surface area contributed by atoms with Crippen molar-refractivity contribution >= 4 is 32.6 Å². The second kappa shape index (κ2) is 6.53. The van der Waals surface area contributed by atoms with Crippen LogP contribution in [0.25, 0.3) is 5.70 Å². The Morgan fingerprint density at radius 1 is 1.19 bits per heavy atom. The number of nitrogens with zero attached hydrogens (tertiary/aromatic N) is 2. The van der Waals surface area contributed by atoms with Crippen molar-refractivity contribution in [1.82, 2.24) is 4.90 Å². The summed E-state index contributed by atoms with van der Waals surface area (Å²) in [6.07, 6.45) is 0.296. The molecule has 0 amide bonds. The third-order valence-electron chi connectivity index (χ3n) is 4.70. The summed E-state index contributed by atoms with van der Waals surface area (Å²) in [7, 11) is -3.36. The Morgan fingerprint density at radius 3 is 2.58 bits per heavy atom. The fraction of sp³-hybridized carbons (Fsp3) is 0.471. The first kappa shape index (κ1) is 17.8. The lowest BCUT2D eigenvalue weighted by Gasteiger charge is -2.29. The van der Waals surface area contributed by atoms with E-state index in [4.69, 9.17) is 4.74 Å². The van der Waals surface area contributed by atoms with Crippen molar-refractivity contribution in [3.05, 3.63) is 35.2 Å². The second-order valence-corrected chi connectivity index (χ2v) is 9.22. The van der Waals surface area contributed by atoms with Gasteiger partial charge in [0.05, 0.1) is 17.6 Å². The number of fused-ring (bicyclic) bond motifs is 1. The Hall–Kier alpha value is -1.61. The first-order valence-corrected chi connectivity index (χ1v) is 10.9. The molecule has 0 radical (unpaired) electrons. The first-order chi connectivity index (χ1) is 12.3. The topological polar surface area (TPSA) is 59.0 Å². The van der Waals surface area contributed by atoms with E-state index in [1.807, 2.05) is 34.6 Å². The molecule has 5 nitrogen and oxygen atoms in total. The van der Waals surface area contributed by atoms with Crippen LogP contribution in [0.1, 0.15) is 31.2 Å². The van der Waals surface area contributed by atoms with Gasteiger partial charge in [-0.2, -0.15) is 0 Å². The van der Waals surface area contributed by atoms with Crippen molar-refractivity contribution in [2.45, 2.75) is 37.7 Å². The molecule has 3 aliphatic rings. The molecular formula is C17H18F2N2O3S2. The van der Waals surface area contributed by atoms with E-state index >= 15 is 0 Å². The van der Waals surface area contributed by atoms with E-state index in [1.165, 1.54) is 11.8 Å². The molecule has 0 N–H and O–H groups in total. The molecule has 0 aromatic heterocycles. The summed E-state index contributed by atoms with van der Waals surface area (Å²) >= 11 is 1.30. The van der Waals surface area contributed by atoms with Crippen LogP contribution in [0.5, 0.6) is 5.75 Å². The number of sulfonamides is 1. The van der Waals surface area contributed by atoms with Crippen molar-refractivity contribution in [1.29, 1.82) is 0 Å². The maximum atomic E-state index is 13.2. The van der Waals surface area contributed by atoms with Crippen LogP contribution >= 0.6 is 11.8 Å². The van der Waals surface area contributed by atoms with Gasteiger partial charge in [-0.3, -0.25) is 0 Å². The zero-order valence-electron chi connectivity index (χ0n) is 13.9. The summed E-state index contributed by atoms with van der Waals surface area (Å²) in [5, 5.41) is 2.37. The van der Waals surface area contributed by atoms with Gasteiger partial charge in [0.1, 0.15) is 5.75 Å². The van der Waals surface area contributed by atoms with Gasteiger partial charge in [0, 0.05) is 24.8 Å². The van der Waals surface area contributed by atoms with Gasteiger partial charge in [0.25, 0.3) is 10.0 Å². The zero-order valence-corrected chi connectivity index (χ0v) is 15.5. The van der Waals surface area contributed by atoms with Gasteiger partial charge in [-0.1, -0.05) is 11.8 Å². The van der Waals surface area contributed by atoms with Gasteiger partial charge in [0.2, 0.25) is 5.92 Å². The van der Waals surface area contributed by atoms with Crippen LogP contribution in [0.2, 0.25) is 0 Å². The zero-order chi connectivity index (χ0) is 18.4. The number of ether oxygens (including phenoxy) is 1. The summed E-state index contributed by atoms with van der Waals surface area (Å²) in [6.45, 7) is 0.383. The van der Waals surface area contributed by atoms with E-state index in [9.17, 15) is 17.2 Å². The monoisotopic (exact) mass is 400 g/mol. The first-order valence-electron chi connectivity index (χ1n) is 8.43. The standard InChI is InChI=1S/C17H18F2N2O3S2/c18-17(19)7-5-14(6-8-17)24-13-3-1-12(2-4-13)15-11-25-16-20-26(22,23)10-9-21(15)16/h1-4,11,14H,5-10H2. The van der Waals surface area contributed by atoms with Crippen LogP contribution in [0.3, 0.4) is 0 Å². The van der Waals surface area contributed by atoms with Crippen molar-refractivity contribution in [3.8, 4) is 5.75 Å². The highest BCUT2D eigenvalue weighted by Gasteiger charge is 2.36. The molecule has 2 aliphatic heterocycles. The maximum Gasteiger partial charge on any atom is 0.257 e. The molecule has 0 atom stereocenters. The number of halogens is 2. The van der Waals surface area contributed by atoms with E-state index in [0.717, 1.165) is 11.3 Å². The second-order valence-electron chi connectivity index (χ2n) is 6.63. The van der Waals surface area contributed by atoms with E-state index in [1.54, 1.807) is 0 Å². The average molecular weight is 400 g/mol. The van der Waals surface area contributed by atoms with Crippen molar-refractivity contribution in [3.63, 3.8) is 0 Å².